The minimum atomic E-state index is -0.0340. The van der Waals surface area contributed by atoms with Gasteiger partial charge < -0.3 is 11.1 Å². The molecule has 0 aliphatic carbocycles. The zero-order valence-electron chi connectivity index (χ0n) is 13.4. The van der Waals surface area contributed by atoms with Crippen molar-refractivity contribution < 1.29 is 4.79 Å². The fourth-order valence-electron chi connectivity index (χ4n) is 2.79. The number of likely N-dealkylation sites (tertiary alicyclic amines) is 1. The summed E-state index contributed by atoms with van der Waals surface area (Å²) in [5.41, 5.74) is 5.91. The summed E-state index contributed by atoms with van der Waals surface area (Å²) in [4.78, 5) is 14.6. The first-order valence-corrected chi connectivity index (χ1v) is 9.04. The number of thioether (sulfide) groups is 1. The molecule has 4 nitrogen and oxygen atoms in total. The minimum absolute atomic E-state index is 0.0340. The molecular weight excluding hydrogens is 270 g/mol. The highest BCUT2D eigenvalue weighted by atomic mass is 32.2. The van der Waals surface area contributed by atoms with Crippen LogP contribution in [-0.2, 0) is 4.79 Å². The van der Waals surface area contributed by atoms with Crippen molar-refractivity contribution in [3.8, 4) is 0 Å². The summed E-state index contributed by atoms with van der Waals surface area (Å²) in [7, 11) is 0. The first kappa shape index (κ1) is 17.8. The Kier molecular flexibility index (Phi) is 7.34. The van der Waals surface area contributed by atoms with Crippen molar-refractivity contribution in [1.29, 1.82) is 0 Å². The number of rotatable bonds is 7. The molecule has 1 aliphatic heterocycles. The molecule has 0 aromatic heterocycles. The normalized spacial score (nSPS) is 20.9. The molecule has 1 unspecified atom stereocenters. The first-order chi connectivity index (χ1) is 9.51. The summed E-state index contributed by atoms with van der Waals surface area (Å²) < 4.78 is 0.224. The van der Waals surface area contributed by atoms with Gasteiger partial charge in [0.25, 0.3) is 0 Å². The van der Waals surface area contributed by atoms with Gasteiger partial charge in [0.1, 0.15) is 0 Å². The number of nitrogens with two attached hydrogens (primary N) is 1. The molecule has 20 heavy (non-hydrogen) atoms. The Bertz CT molecular complexity index is 293. The third kappa shape index (κ3) is 4.37. The van der Waals surface area contributed by atoms with Gasteiger partial charge in [-0.2, -0.15) is 11.8 Å². The van der Waals surface area contributed by atoms with Crippen molar-refractivity contribution in [3.05, 3.63) is 0 Å². The van der Waals surface area contributed by atoms with Crippen molar-refractivity contribution in [2.24, 2.45) is 5.73 Å². The lowest BCUT2D eigenvalue weighted by atomic mass is 9.94. The van der Waals surface area contributed by atoms with E-state index in [1.165, 1.54) is 0 Å². The van der Waals surface area contributed by atoms with Crippen LogP contribution in [0.4, 0.5) is 0 Å². The van der Waals surface area contributed by atoms with E-state index in [1.54, 1.807) is 0 Å². The Labute approximate surface area is 128 Å². The van der Waals surface area contributed by atoms with Gasteiger partial charge in [0.2, 0.25) is 5.91 Å². The predicted molar refractivity (Wildman–Crippen MR) is 88.1 cm³/mol. The number of carbonyl (C=O) groups is 1. The van der Waals surface area contributed by atoms with Crippen LogP contribution >= 0.6 is 11.8 Å². The SMILES string of the molecule is CCC(CC)NC(=O)C(C)N1CCC(CN)(SC)CC1. The van der Waals surface area contributed by atoms with Gasteiger partial charge >= 0.3 is 0 Å². The Morgan fingerprint density at radius 2 is 1.90 bits per heavy atom. The van der Waals surface area contributed by atoms with E-state index in [1.807, 2.05) is 18.7 Å². The smallest absolute Gasteiger partial charge is 0.237 e. The number of amides is 1. The van der Waals surface area contributed by atoms with Crippen LogP contribution in [-0.4, -0.2) is 53.5 Å². The Morgan fingerprint density at radius 1 is 1.35 bits per heavy atom. The van der Waals surface area contributed by atoms with E-state index in [9.17, 15) is 4.79 Å². The van der Waals surface area contributed by atoms with Crippen LogP contribution in [0.5, 0.6) is 0 Å². The molecule has 0 saturated carbocycles. The number of hydrogen-bond donors (Lipinski definition) is 2. The lowest BCUT2D eigenvalue weighted by Gasteiger charge is -2.42. The molecule has 1 rings (SSSR count). The number of nitrogens with one attached hydrogen (secondary N) is 1. The second-order valence-electron chi connectivity index (χ2n) is 5.83. The average molecular weight is 302 g/mol. The van der Waals surface area contributed by atoms with Crippen molar-refractivity contribution in [3.63, 3.8) is 0 Å². The fourth-order valence-corrected chi connectivity index (χ4v) is 3.55. The van der Waals surface area contributed by atoms with Crippen molar-refractivity contribution in [1.82, 2.24) is 10.2 Å². The van der Waals surface area contributed by atoms with Crippen molar-refractivity contribution >= 4 is 17.7 Å². The highest BCUT2D eigenvalue weighted by molar-refractivity contribution is 8.00. The maximum Gasteiger partial charge on any atom is 0.237 e. The Balaban J connectivity index is 2.49. The second-order valence-corrected chi connectivity index (χ2v) is 7.10. The van der Waals surface area contributed by atoms with Gasteiger partial charge in [-0.25, -0.2) is 0 Å². The van der Waals surface area contributed by atoms with Gasteiger partial charge in [-0.3, -0.25) is 9.69 Å². The molecule has 1 fully saturated rings. The largest absolute Gasteiger partial charge is 0.352 e. The van der Waals surface area contributed by atoms with E-state index in [2.05, 4.69) is 30.3 Å². The summed E-state index contributed by atoms with van der Waals surface area (Å²) in [6.07, 6.45) is 6.29. The van der Waals surface area contributed by atoms with Crippen LogP contribution < -0.4 is 11.1 Å². The molecule has 5 heteroatoms. The third-order valence-corrected chi connectivity index (χ3v) is 6.21. The summed E-state index contributed by atoms with van der Waals surface area (Å²) in [5, 5.41) is 3.15. The standard InChI is InChI=1S/C15H31N3OS/c1-5-13(6-2)17-14(19)12(3)18-9-7-15(11-16,20-4)8-10-18/h12-13H,5-11,16H2,1-4H3,(H,17,19). The maximum absolute atomic E-state index is 12.3. The first-order valence-electron chi connectivity index (χ1n) is 7.81. The molecule has 0 bridgehead atoms. The zero-order valence-corrected chi connectivity index (χ0v) is 14.3. The van der Waals surface area contributed by atoms with Crippen molar-refractivity contribution in [2.75, 3.05) is 25.9 Å². The summed E-state index contributed by atoms with van der Waals surface area (Å²) in [6.45, 7) is 8.93. The topological polar surface area (TPSA) is 58.4 Å². The lowest BCUT2D eigenvalue weighted by molar-refractivity contribution is -0.127. The fraction of sp³-hybridized carbons (Fsp3) is 0.933. The predicted octanol–water partition coefficient (Wildman–Crippen LogP) is 1.84. The molecule has 0 aromatic rings. The molecule has 1 heterocycles. The maximum atomic E-state index is 12.3. The molecule has 3 N–H and O–H groups in total. The second kappa shape index (κ2) is 8.25. The molecule has 1 aliphatic rings. The minimum Gasteiger partial charge on any atom is -0.352 e. The lowest BCUT2D eigenvalue weighted by Crippen LogP contribution is -2.54. The van der Waals surface area contributed by atoms with Gasteiger partial charge in [0.15, 0.2) is 0 Å². The Hall–Kier alpha value is -0.260. The highest BCUT2D eigenvalue weighted by Crippen LogP contribution is 2.33. The molecule has 0 spiro atoms. The van der Waals surface area contributed by atoms with Gasteiger partial charge in [-0.1, -0.05) is 13.8 Å². The van der Waals surface area contributed by atoms with Crippen molar-refractivity contribution in [2.45, 2.75) is 63.3 Å². The molecule has 1 saturated heterocycles. The molecule has 0 aromatic carbocycles. The van der Waals surface area contributed by atoms with Crippen LogP contribution in [0.1, 0.15) is 46.5 Å². The summed E-state index contributed by atoms with van der Waals surface area (Å²) in [6, 6.07) is 0.275. The van der Waals surface area contributed by atoms with Crippen LogP contribution in [0.25, 0.3) is 0 Å². The molecule has 1 atom stereocenters. The molecule has 1 amide bonds. The highest BCUT2D eigenvalue weighted by Gasteiger charge is 2.35. The van der Waals surface area contributed by atoms with Crippen LogP contribution in [0.2, 0.25) is 0 Å². The Morgan fingerprint density at radius 3 is 2.30 bits per heavy atom. The number of carbonyl (C=O) groups excluding carboxylic acids is 1. The van der Waals surface area contributed by atoms with Gasteiger partial charge in [0.05, 0.1) is 6.04 Å². The zero-order chi connectivity index (χ0) is 15.2. The molecular formula is C15H31N3OS. The monoisotopic (exact) mass is 301 g/mol. The number of hydrogen-bond acceptors (Lipinski definition) is 4. The van der Waals surface area contributed by atoms with Crippen LogP contribution in [0.15, 0.2) is 0 Å². The van der Waals surface area contributed by atoms with Gasteiger partial charge in [0, 0.05) is 30.4 Å². The average Bonchev–Trinajstić information content (AvgIpc) is 2.51. The third-order valence-electron chi connectivity index (χ3n) is 4.77. The van der Waals surface area contributed by atoms with Crippen LogP contribution in [0.3, 0.4) is 0 Å². The van der Waals surface area contributed by atoms with E-state index >= 15 is 0 Å². The van der Waals surface area contributed by atoms with Crippen LogP contribution in [0, 0.1) is 0 Å². The summed E-state index contributed by atoms with van der Waals surface area (Å²) in [5.74, 6) is 0.170. The van der Waals surface area contributed by atoms with E-state index in [0.717, 1.165) is 45.3 Å². The van der Waals surface area contributed by atoms with E-state index in [0.29, 0.717) is 6.04 Å². The van der Waals surface area contributed by atoms with E-state index < -0.39 is 0 Å². The van der Waals surface area contributed by atoms with Gasteiger partial charge in [-0.15, -0.1) is 0 Å². The van der Waals surface area contributed by atoms with E-state index in [4.69, 9.17) is 5.73 Å². The molecule has 0 radical (unpaired) electrons. The quantitative estimate of drug-likeness (QED) is 0.753. The van der Waals surface area contributed by atoms with Gasteiger partial charge in [-0.05, 0) is 38.9 Å². The summed E-state index contributed by atoms with van der Waals surface area (Å²) >= 11 is 1.88. The number of nitrogens with zero attached hydrogens (tertiary/aromatic N) is 1. The van der Waals surface area contributed by atoms with E-state index in [-0.39, 0.29) is 16.7 Å². The molecule has 118 valence electrons. The number of piperidine rings is 1.